The van der Waals surface area contributed by atoms with Gasteiger partial charge in [0.15, 0.2) is 0 Å². The van der Waals surface area contributed by atoms with Crippen LogP contribution in [0.2, 0.25) is 0 Å². The van der Waals surface area contributed by atoms with E-state index in [2.05, 4.69) is 10.3 Å². The molecule has 2 aliphatic heterocycles. The van der Waals surface area contributed by atoms with Crippen LogP contribution in [0.4, 0.5) is 0 Å². The molecule has 7 heteroatoms. The van der Waals surface area contributed by atoms with Crippen LogP contribution in [0, 0.1) is 5.41 Å². The van der Waals surface area contributed by atoms with E-state index in [1.54, 1.807) is 6.07 Å². The number of hydrogen-bond acceptors (Lipinski definition) is 4. The molecule has 1 aromatic heterocycles. The van der Waals surface area contributed by atoms with Crippen LogP contribution in [0.1, 0.15) is 40.1 Å². The minimum absolute atomic E-state index is 0. The molecule has 120 valence electrons. The Hall–Kier alpha value is -1.66. The summed E-state index contributed by atoms with van der Waals surface area (Å²) in [6, 6.07) is 3.12. The standard InChI is InChI=1S/C15H20N4O2.ClH/c16-13(20)12-2-1-11(9-18-12)14(21)19-7-4-15(5-8-19)3-6-17-10-15;/h1-2,9,17H,3-8,10H2,(H2,16,20);1H. The van der Waals surface area contributed by atoms with Crippen LogP contribution in [0.25, 0.3) is 0 Å². The quantitative estimate of drug-likeness (QED) is 0.843. The van der Waals surface area contributed by atoms with Gasteiger partial charge in [-0.25, -0.2) is 0 Å². The van der Waals surface area contributed by atoms with E-state index in [9.17, 15) is 9.59 Å². The first kappa shape index (κ1) is 16.7. The molecule has 2 amide bonds. The van der Waals surface area contributed by atoms with Crippen LogP contribution >= 0.6 is 12.4 Å². The van der Waals surface area contributed by atoms with Gasteiger partial charge in [0.2, 0.25) is 0 Å². The van der Waals surface area contributed by atoms with E-state index in [1.807, 2.05) is 4.90 Å². The maximum absolute atomic E-state index is 12.4. The van der Waals surface area contributed by atoms with Crippen molar-refractivity contribution < 1.29 is 9.59 Å². The maximum Gasteiger partial charge on any atom is 0.267 e. The van der Waals surface area contributed by atoms with Crippen molar-refractivity contribution in [3.05, 3.63) is 29.6 Å². The third-order valence-corrected chi connectivity index (χ3v) is 4.71. The summed E-state index contributed by atoms with van der Waals surface area (Å²) in [5, 5.41) is 3.42. The summed E-state index contributed by atoms with van der Waals surface area (Å²) in [6.07, 6.45) is 4.75. The highest BCUT2D eigenvalue weighted by Gasteiger charge is 2.38. The molecule has 1 aromatic rings. The van der Waals surface area contributed by atoms with Crippen LogP contribution in [-0.2, 0) is 0 Å². The first-order valence-corrected chi connectivity index (χ1v) is 7.36. The maximum atomic E-state index is 12.4. The highest BCUT2D eigenvalue weighted by Crippen LogP contribution is 2.37. The lowest BCUT2D eigenvalue weighted by Crippen LogP contribution is -2.44. The normalized spacial score (nSPS) is 19.7. The fourth-order valence-corrected chi connectivity index (χ4v) is 3.26. The molecule has 1 spiro atoms. The van der Waals surface area contributed by atoms with Crippen LogP contribution in [0.3, 0.4) is 0 Å². The van der Waals surface area contributed by atoms with Gasteiger partial charge in [-0.3, -0.25) is 14.6 Å². The van der Waals surface area contributed by atoms with Gasteiger partial charge in [-0.2, -0.15) is 0 Å². The Bertz CT molecular complexity index is 545. The van der Waals surface area contributed by atoms with Crippen molar-refractivity contribution in [3.8, 4) is 0 Å². The monoisotopic (exact) mass is 324 g/mol. The van der Waals surface area contributed by atoms with Gasteiger partial charge < -0.3 is 16.0 Å². The second kappa shape index (κ2) is 6.62. The fourth-order valence-electron chi connectivity index (χ4n) is 3.26. The molecular weight excluding hydrogens is 304 g/mol. The Morgan fingerprint density at radius 3 is 2.45 bits per heavy atom. The number of aromatic nitrogens is 1. The highest BCUT2D eigenvalue weighted by molar-refractivity contribution is 5.95. The number of amides is 2. The lowest BCUT2D eigenvalue weighted by Gasteiger charge is -2.38. The third-order valence-electron chi connectivity index (χ3n) is 4.71. The van der Waals surface area contributed by atoms with Gasteiger partial charge in [-0.15, -0.1) is 12.4 Å². The number of nitrogens with one attached hydrogen (secondary N) is 1. The van der Waals surface area contributed by atoms with Gasteiger partial charge in [0.05, 0.1) is 5.56 Å². The lowest BCUT2D eigenvalue weighted by atomic mass is 9.78. The van der Waals surface area contributed by atoms with Crippen molar-refractivity contribution in [2.75, 3.05) is 26.2 Å². The number of likely N-dealkylation sites (tertiary alicyclic amines) is 1. The molecule has 0 aliphatic carbocycles. The average molecular weight is 325 g/mol. The van der Waals surface area contributed by atoms with E-state index in [0.717, 1.165) is 39.0 Å². The van der Waals surface area contributed by atoms with E-state index >= 15 is 0 Å². The molecule has 2 aliphatic rings. The van der Waals surface area contributed by atoms with Gasteiger partial charge in [-0.05, 0) is 43.4 Å². The molecule has 0 radical (unpaired) electrons. The molecule has 0 bridgehead atoms. The number of carbonyl (C=O) groups excluding carboxylic acids is 2. The second-order valence-corrected chi connectivity index (χ2v) is 6.02. The molecule has 0 atom stereocenters. The summed E-state index contributed by atoms with van der Waals surface area (Å²) < 4.78 is 0. The average Bonchev–Trinajstić information content (AvgIpc) is 2.96. The summed E-state index contributed by atoms with van der Waals surface area (Å²) in [5.74, 6) is -0.595. The van der Waals surface area contributed by atoms with E-state index < -0.39 is 5.91 Å². The number of primary amides is 1. The lowest BCUT2D eigenvalue weighted by molar-refractivity contribution is 0.0607. The number of carbonyl (C=O) groups is 2. The smallest absolute Gasteiger partial charge is 0.267 e. The Balaban J connectivity index is 0.00000176. The number of rotatable bonds is 2. The zero-order valence-corrected chi connectivity index (χ0v) is 13.2. The molecule has 0 aromatic carbocycles. The SMILES string of the molecule is Cl.NC(=O)c1ccc(C(=O)N2CCC3(CCNC3)CC2)cn1. The number of nitrogens with zero attached hydrogens (tertiary/aromatic N) is 2. The largest absolute Gasteiger partial charge is 0.364 e. The number of halogens is 1. The van der Waals surface area contributed by atoms with Gasteiger partial charge in [0.25, 0.3) is 11.8 Å². The molecule has 22 heavy (non-hydrogen) atoms. The molecular formula is C15H21ClN4O2. The predicted molar refractivity (Wildman–Crippen MR) is 85.1 cm³/mol. The van der Waals surface area contributed by atoms with Crippen LogP contribution < -0.4 is 11.1 Å². The molecule has 0 saturated carbocycles. The van der Waals surface area contributed by atoms with Crippen molar-refractivity contribution in [2.24, 2.45) is 11.1 Å². The minimum atomic E-state index is -0.581. The molecule has 3 N–H and O–H groups in total. The van der Waals surface area contributed by atoms with Crippen molar-refractivity contribution in [3.63, 3.8) is 0 Å². The van der Waals surface area contributed by atoms with Crippen LogP contribution in [0.15, 0.2) is 18.3 Å². The Morgan fingerprint density at radius 1 is 1.23 bits per heavy atom. The van der Waals surface area contributed by atoms with E-state index in [4.69, 9.17) is 5.73 Å². The number of pyridine rings is 1. The number of piperidine rings is 1. The second-order valence-electron chi connectivity index (χ2n) is 6.02. The van der Waals surface area contributed by atoms with Gasteiger partial charge in [0, 0.05) is 25.8 Å². The highest BCUT2D eigenvalue weighted by atomic mass is 35.5. The van der Waals surface area contributed by atoms with Gasteiger partial charge >= 0.3 is 0 Å². The van der Waals surface area contributed by atoms with Crippen molar-refractivity contribution in [1.29, 1.82) is 0 Å². The minimum Gasteiger partial charge on any atom is -0.364 e. The summed E-state index contributed by atoms with van der Waals surface area (Å²) in [7, 11) is 0. The van der Waals surface area contributed by atoms with Crippen molar-refractivity contribution in [2.45, 2.75) is 19.3 Å². The van der Waals surface area contributed by atoms with Crippen molar-refractivity contribution in [1.82, 2.24) is 15.2 Å². The predicted octanol–water partition coefficient (Wildman–Crippen LogP) is 0.818. The molecule has 6 nitrogen and oxygen atoms in total. The van der Waals surface area contributed by atoms with Gasteiger partial charge in [0.1, 0.15) is 5.69 Å². The zero-order valence-electron chi connectivity index (χ0n) is 12.4. The first-order chi connectivity index (χ1) is 10.1. The summed E-state index contributed by atoms with van der Waals surface area (Å²) in [4.78, 5) is 29.2. The summed E-state index contributed by atoms with van der Waals surface area (Å²) in [6.45, 7) is 3.74. The van der Waals surface area contributed by atoms with E-state index in [0.29, 0.717) is 11.0 Å². The molecule has 2 saturated heterocycles. The topological polar surface area (TPSA) is 88.3 Å². The van der Waals surface area contributed by atoms with E-state index in [1.165, 1.54) is 18.7 Å². The fraction of sp³-hybridized carbons (Fsp3) is 0.533. The van der Waals surface area contributed by atoms with Crippen molar-refractivity contribution >= 4 is 24.2 Å². The number of nitrogens with two attached hydrogens (primary N) is 1. The van der Waals surface area contributed by atoms with Gasteiger partial charge in [-0.1, -0.05) is 0 Å². The number of hydrogen-bond donors (Lipinski definition) is 2. The Labute approximate surface area is 135 Å². The Kier molecular flexibility index (Phi) is 5.03. The van der Waals surface area contributed by atoms with Crippen LogP contribution in [-0.4, -0.2) is 47.9 Å². The summed E-state index contributed by atoms with van der Waals surface area (Å²) in [5.41, 5.74) is 6.24. The molecule has 3 heterocycles. The van der Waals surface area contributed by atoms with E-state index in [-0.39, 0.29) is 24.0 Å². The Morgan fingerprint density at radius 2 is 1.95 bits per heavy atom. The molecule has 2 fully saturated rings. The van der Waals surface area contributed by atoms with Crippen LogP contribution in [0.5, 0.6) is 0 Å². The first-order valence-electron chi connectivity index (χ1n) is 7.36. The molecule has 3 rings (SSSR count). The summed E-state index contributed by atoms with van der Waals surface area (Å²) >= 11 is 0. The third kappa shape index (κ3) is 3.23. The molecule has 0 unspecified atom stereocenters. The zero-order chi connectivity index (χ0) is 14.9.